The van der Waals surface area contributed by atoms with Gasteiger partial charge in [-0.1, -0.05) is 40.5 Å². The summed E-state index contributed by atoms with van der Waals surface area (Å²) >= 11 is 12.1. The maximum Gasteiger partial charge on any atom is 0.230 e. The molecule has 0 saturated heterocycles. The highest BCUT2D eigenvalue weighted by molar-refractivity contribution is 6.36. The summed E-state index contributed by atoms with van der Waals surface area (Å²) in [4.78, 5) is 0. The second-order valence-electron chi connectivity index (χ2n) is 4.40. The zero-order valence-electron chi connectivity index (χ0n) is 10.6. The molecule has 0 bridgehead atoms. The Labute approximate surface area is 130 Å². The van der Waals surface area contributed by atoms with E-state index >= 15 is 0 Å². The van der Waals surface area contributed by atoms with Gasteiger partial charge in [-0.25, -0.2) is 4.39 Å². The molecule has 0 amide bonds. The number of nitrogens with zero attached hydrogens (tertiary/aromatic N) is 1. The van der Waals surface area contributed by atoms with Crippen LogP contribution in [0.25, 0.3) is 22.4 Å². The average molecular weight is 323 g/mol. The Morgan fingerprint density at radius 1 is 1.10 bits per heavy atom. The van der Waals surface area contributed by atoms with Crippen LogP contribution < -0.4 is 5.73 Å². The minimum absolute atomic E-state index is 0.0987. The molecule has 3 nitrogen and oxygen atoms in total. The first-order valence-corrected chi connectivity index (χ1v) is 6.78. The van der Waals surface area contributed by atoms with Gasteiger partial charge in [0.1, 0.15) is 11.5 Å². The molecule has 0 saturated carbocycles. The predicted octanol–water partition coefficient (Wildman–Crippen LogP) is 5.04. The Bertz CT molecular complexity index is 817. The van der Waals surface area contributed by atoms with E-state index in [1.807, 2.05) is 0 Å². The Morgan fingerprint density at radius 2 is 1.90 bits per heavy atom. The van der Waals surface area contributed by atoms with E-state index < -0.39 is 0 Å². The molecule has 0 atom stereocenters. The van der Waals surface area contributed by atoms with Gasteiger partial charge in [0.25, 0.3) is 0 Å². The van der Waals surface area contributed by atoms with Crippen molar-refractivity contribution in [2.24, 2.45) is 0 Å². The molecule has 2 aromatic carbocycles. The van der Waals surface area contributed by atoms with E-state index in [0.29, 0.717) is 32.4 Å². The van der Waals surface area contributed by atoms with Gasteiger partial charge in [0.05, 0.1) is 10.6 Å². The summed E-state index contributed by atoms with van der Waals surface area (Å²) in [7, 11) is 0. The lowest BCUT2D eigenvalue weighted by molar-refractivity contribution is 0.439. The summed E-state index contributed by atoms with van der Waals surface area (Å²) in [6.45, 7) is 0. The zero-order chi connectivity index (χ0) is 15.0. The van der Waals surface area contributed by atoms with Gasteiger partial charge in [-0.15, -0.1) is 0 Å². The number of hydrogen-bond acceptors (Lipinski definition) is 3. The van der Waals surface area contributed by atoms with Crippen LogP contribution in [0, 0.1) is 5.82 Å². The summed E-state index contributed by atoms with van der Waals surface area (Å²) < 4.78 is 18.5. The first kappa shape index (κ1) is 13.9. The standard InChI is InChI=1S/C15H9Cl2FN2O/c16-9-4-5-11(12(17)7-9)14-13(15(19)21-20-14)8-2-1-3-10(18)6-8/h1-7H,19H2. The topological polar surface area (TPSA) is 52.0 Å². The molecule has 3 rings (SSSR count). The molecule has 3 aromatic rings. The number of aromatic nitrogens is 1. The van der Waals surface area contributed by atoms with Gasteiger partial charge in [-0.05, 0) is 35.9 Å². The van der Waals surface area contributed by atoms with Gasteiger partial charge in [-0.2, -0.15) is 0 Å². The molecule has 106 valence electrons. The lowest BCUT2D eigenvalue weighted by Gasteiger charge is -2.05. The highest BCUT2D eigenvalue weighted by Crippen LogP contribution is 2.39. The normalized spacial score (nSPS) is 10.8. The van der Waals surface area contributed by atoms with Gasteiger partial charge < -0.3 is 10.3 Å². The molecule has 6 heteroatoms. The van der Waals surface area contributed by atoms with E-state index in [4.69, 9.17) is 33.5 Å². The number of nitrogens with two attached hydrogens (primary N) is 1. The molecule has 0 aliphatic rings. The molecule has 0 aliphatic carbocycles. The van der Waals surface area contributed by atoms with Crippen LogP contribution in [0.1, 0.15) is 0 Å². The maximum atomic E-state index is 13.4. The van der Waals surface area contributed by atoms with Crippen molar-refractivity contribution >= 4 is 29.1 Å². The van der Waals surface area contributed by atoms with Gasteiger partial charge in [0.15, 0.2) is 0 Å². The molecule has 0 aliphatic heterocycles. The third-order valence-electron chi connectivity index (χ3n) is 3.02. The molecule has 21 heavy (non-hydrogen) atoms. The molecule has 1 aromatic heterocycles. The van der Waals surface area contributed by atoms with Crippen LogP contribution in [-0.4, -0.2) is 5.16 Å². The second kappa shape index (κ2) is 5.39. The molecule has 0 radical (unpaired) electrons. The fraction of sp³-hybridized carbons (Fsp3) is 0. The Balaban J connectivity index is 2.22. The lowest BCUT2D eigenvalue weighted by Crippen LogP contribution is -1.89. The third kappa shape index (κ3) is 2.60. The van der Waals surface area contributed by atoms with Crippen molar-refractivity contribution in [3.05, 3.63) is 58.3 Å². The largest absolute Gasteiger partial charge is 0.367 e. The van der Waals surface area contributed by atoms with Crippen LogP contribution in [0.2, 0.25) is 10.0 Å². The van der Waals surface area contributed by atoms with Crippen LogP contribution in [0.5, 0.6) is 0 Å². The first-order chi connectivity index (χ1) is 10.1. The van der Waals surface area contributed by atoms with Crippen LogP contribution in [0.4, 0.5) is 10.3 Å². The highest BCUT2D eigenvalue weighted by atomic mass is 35.5. The Hall–Kier alpha value is -2.04. The van der Waals surface area contributed by atoms with Crippen LogP contribution in [-0.2, 0) is 0 Å². The van der Waals surface area contributed by atoms with Crippen LogP contribution >= 0.6 is 23.2 Å². The van der Waals surface area contributed by atoms with E-state index in [1.165, 1.54) is 12.1 Å². The minimum atomic E-state index is -0.374. The SMILES string of the molecule is Nc1onc(-c2ccc(Cl)cc2Cl)c1-c1cccc(F)c1. The number of halogens is 3. The second-order valence-corrected chi connectivity index (χ2v) is 5.25. The lowest BCUT2D eigenvalue weighted by atomic mass is 10.0. The first-order valence-electron chi connectivity index (χ1n) is 6.03. The van der Waals surface area contributed by atoms with E-state index in [9.17, 15) is 4.39 Å². The number of nitrogen functional groups attached to an aromatic ring is 1. The molecule has 0 unspecified atom stereocenters. The van der Waals surface area contributed by atoms with Crippen molar-refractivity contribution in [1.29, 1.82) is 0 Å². The van der Waals surface area contributed by atoms with Gasteiger partial charge >= 0.3 is 0 Å². The van der Waals surface area contributed by atoms with Crippen molar-refractivity contribution in [3.63, 3.8) is 0 Å². The molecular formula is C15H9Cl2FN2O. The summed E-state index contributed by atoms with van der Waals surface area (Å²) in [6.07, 6.45) is 0. The average Bonchev–Trinajstić information content (AvgIpc) is 2.80. The van der Waals surface area contributed by atoms with Crippen molar-refractivity contribution in [2.75, 3.05) is 5.73 Å². The Kier molecular flexibility index (Phi) is 3.57. The summed E-state index contributed by atoms with van der Waals surface area (Å²) in [5, 5.41) is 4.85. The summed E-state index contributed by atoms with van der Waals surface area (Å²) in [5.74, 6) is -0.275. The Morgan fingerprint density at radius 3 is 2.62 bits per heavy atom. The molecule has 0 fully saturated rings. The quantitative estimate of drug-likeness (QED) is 0.719. The maximum absolute atomic E-state index is 13.4. The number of hydrogen-bond donors (Lipinski definition) is 1. The third-order valence-corrected chi connectivity index (χ3v) is 3.57. The monoisotopic (exact) mass is 322 g/mol. The van der Waals surface area contributed by atoms with Crippen molar-refractivity contribution in [3.8, 4) is 22.4 Å². The summed E-state index contributed by atoms with van der Waals surface area (Å²) in [6, 6.07) is 11.0. The molecular weight excluding hydrogens is 314 g/mol. The smallest absolute Gasteiger partial charge is 0.230 e. The fourth-order valence-corrected chi connectivity index (χ4v) is 2.59. The number of rotatable bonds is 2. The van der Waals surface area contributed by atoms with E-state index in [-0.39, 0.29) is 11.7 Å². The van der Waals surface area contributed by atoms with Crippen molar-refractivity contribution in [2.45, 2.75) is 0 Å². The van der Waals surface area contributed by atoms with Crippen LogP contribution in [0.15, 0.2) is 47.0 Å². The highest BCUT2D eigenvalue weighted by Gasteiger charge is 2.19. The van der Waals surface area contributed by atoms with Gasteiger partial charge in [0.2, 0.25) is 5.88 Å². The fourth-order valence-electron chi connectivity index (χ4n) is 2.09. The van der Waals surface area contributed by atoms with Crippen molar-refractivity contribution < 1.29 is 8.91 Å². The summed E-state index contributed by atoms with van der Waals surface area (Å²) in [5.41, 5.74) is 7.94. The van der Waals surface area contributed by atoms with E-state index in [0.717, 1.165) is 0 Å². The van der Waals surface area contributed by atoms with Crippen molar-refractivity contribution in [1.82, 2.24) is 5.16 Å². The predicted molar refractivity (Wildman–Crippen MR) is 81.8 cm³/mol. The molecule has 0 spiro atoms. The van der Waals surface area contributed by atoms with E-state index in [2.05, 4.69) is 5.16 Å². The minimum Gasteiger partial charge on any atom is -0.367 e. The van der Waals surface area contributed by atoms with Gasteiger partial charge in [0, 0.05) is 10.6 Å². The zero-order valence-corrected chi connectivity index (χ0v) is 12.1. The van der Waals surface area contributed by atoms with Gasteiger partial charge in [-0.3, -0.25) is 0 Å². The molecule has 1 heterocycles. The number of benzene rings is 2. The van der Waals surface area contributed by atoms with Crippen LogP contribution in [0.3, 0.4) is 0 Å². The van der Waals surface area contributed by atoms with E-state index in [1.54, 1.807) is 30.3 Å². The molecule has 2 N–H and O–H groups in total. The number of anilines is 1.